The van der Waals surface area contributed by atoms with Crippen LogP contribution in [0, 0.1) is 19.8 Å². The smallest absolute Gasteiger partial charge is 0.336 e. The van der Waals surface area contributed by atoms with E-state index in [-0.39, 0.29) is 59.9 Å². The van der Waals surface area contributed by atoms with Gasteiger partial charge in [0, 0.05) is 49.3 Å². The molecule has 1 saturated heterocycles. The second kappa shape index (κ2) is 22.8. The molecule has 6 aromatic rings. The number of phenols is 1. The fourth-order valence-corrected chi connectivity index (χ4v) is 10.2. The van der Waals surface area contributed by atoms with Crippen molar-refractivity contribution >= 4 is 40.1 Å². The molecule has 2 aliphatic rings. The summed E-state index contributed by atoms with van der Waals surface area (Å²) in [5, 5.41) is 98.1. The zero-order valence-electron chi connectivity index (χ0n) is 40.8. The molecule has 1 saturated carbocycles. The van der Waals surface area contributed by atoms with Crippen LogP contribution < -0.4 is 25.6 Å². The molecule has 8 rings (SSSR count). The number of aromatic nitrogens is 2. The van der Waals surface area contributed by atoms with E-state index in [9.17, 15) is 60.0 Å². The lowest BCUT2D eigenvalue weighted by atomic mass is 9.68. The molecule has 9 unspecified atom stereocenters. The third-order valence-electron chi connectivity index (χ3n) is 14.0. The van der Waals surface area contributed by atoms with Crippen LogP contribution in [0.25, 0.3) is 44.3 Å². The largest absolute Gasteiger partial charge is 0.508 e. The van der Waals surface area contributed by atoms with Crippen molar-refractivity contribution < 1.29 is 78.7 Å². The Morgan fingerprint density at radius 3 is 2.38 bits per heavy atom. The number of aliphatic hydroxyl groups is 6. The molecular weight excluding hydrogens is 965 g/mol. The van der Waals surface area contributed by atoms with Gasteiger partial charge in [-0.3, -0.25) is 15.4 Å². The fraction of sp³-hybridized carbons (Fsp3) is 0.434. The summed E-state index contributed by atoms with van der Waals surface area (Å²) in [6.07, 6.45) is -4.48. The number of carbonyl (C=O) groups is 3. The Morgan fingerprint density at radius 1 is 0.973 bits per heavy atom. The highest BCUT2D eigenvalue weighted by molar-refractivity contribution is 5.98. The van der Waals surface area contributed by atoms with Crippen LogP contribution in [0.3, 0.4) is 0 Å². The van der Waals surface area contributed by atoms with Gasteiger partial charge in [-0.1, -0.05) is 42.2 Å². The number of hydrogen-bond donors (Lipinski definition) is 11. The number of H-pyrrole nitrogens is 1. The van der Waals surface area contributed by atoms with Crippen LogP contribution >= 0.6 is 0 Å². The van der Waals surface area contributed by atoms with Gasteiger partial charge in [0.1, 0.15) is 41.4 Å². The second-order valence-electron chi connectivity index (χ2n) is 19.1. The van der Waals surface area contributed by atoms with Gasteiger partial charge in [-0.25, -0.2) is 9.59 Å². The molecular formula is C53H62N4O17. The number of nitrogens with zero attached hydrogens (tertiary/aromatic N) is 1. The molecule has 1 aliphatic heterocycles. The van der Waals surface area contributed by atoms with Gasteiger partial charge in [-0.2, -0.15) is 4.73 Å². The number of fused-ring (bicyclic) bond motifs is 2. The number of benzene rings is 3. The first-order valence-corrected chi connectivity index (χ1v) is 24.5. The van der Waals surface area contributed by atoms with Gasteiger partial charge in [0.05, 0.1) is 41.5 Å². The Labute approximate surface area is 423 Å². The number of carboxylic acids is 1. The van der Waals surface area contributed by atoms with Crippen LogP contribution in [0.1, 0.15) is 56.1 Å². The van der Waals surface area contributed by atoms with Crippen LogP contribution in [0.4, 0.5) is 0 Å². The van der Waals surface area contributed by atoms with Gasteiger partial charge in [-0.05, 0) is 93.5 Å². The van der Waals surface area contributed by atoms with Gasteiger partial charge in [0.15, 0.2) is 22.9 Å². The Morgan fingerprint density at radius 2 is 1.70 bits per heavy atom. The van der Waals surface area contributed by atoms with Crippen molar-refractivity contribution in [1.82, 2.24) is 20.3 Å². The molecule has 0 spiro atoms. The van der Waals surface area contributed by atoms with E-state index in [1.54, 1.807) is 30.6 Å². The fourth-order valence-electron chi connectivity index (χ4n) is 10.2. The first-order valence-electron chi connectivity index (χ1n) is 24.5. The lowest BCUT2D eigenvalue weighted by molar-refractivity contribution is -0.388. The quantitative estimate of drug-likeness (QED) is 0.0144. The summed E-state index contributed by atoms with van der Waals surface area (Å²) in [6, 6.07) is 15.4. The number of aliphatic carboxylic acids is 1. The Kier molecular flexibility index (Phi) is 16.6. The molecule has 9 atom stereocenters. The zero-order chi connectivity index (χ0) is 52.9. The van der Waals surface area contributed by atoms with E-state index >= 15 is 0 Å². The first-order chi connectivity index (χ1) is 35.5. The average Bonchev–Trinajstić information content (AvgIpc) is 4.15. The topological polar surface area (TPSA) is 325 Å². The summed E-state index contributed by atoms with van der Waals surface area (Å²) in [7, 11) is 0. The van der Waals surface area contributed by atoms with Gasteiger partial charge < -0.3 is 74.1 Å². The van der Waals surface area contributed by atoms with Crippen molar-refractivity contribution in [3.63, 3.8) is 0 Å². The van der Waals surface area contributed by atoms with E-state index in [1.165, 1.54) is 41.3 Å². The molecule has 3 aromatic carbocycles. The third-order valence-corrected chi connectivity index (χ3v) is 14.0. The highest BCUT2D eigenvalue weighted by atomic mass is 16.8. The van der Waals surface area contributed by atoms with E-state index in [0.29, 0.717) is 46.9 Å². The summed E-state index contributed by atoms with van der Waals surface area (Å²) in [6.45, 7) is 1.22. The number of ether oxygens (including phenoxy) is 3. The molecule has 1 aliphatic carbocycles. The third kappa shape index (κ3) is 10.8. The molecule has 3 aromatic heterocycles. The summed E-state index contributed by atoms with van der Waals surface area (Å²) in [5.41, 5.74) is -2.74. The number of esters is 1. The molecule has 4 heterocycles. The van der Waals surface area contributed by atoms with Crippen molar-refractivity contribution in [3.8, 4) is 33.9 Å². The van der Waals surface area contributed by atoms with Gasteiger partial charge in [-0.15, -0.1) is 0 Å². The number of aldehydes is 1. The molecule has 0 radical (unpaired) electrons. The predicted octanol–water partition coefficient (Wildman–Crippen LogP) is 2.56. The number of carbonyl (C=O) groups excluding carboxylic acids is 2. The van der Waals surface area contributed by atoms with Gasteiger partial charge in [0.2, 0.25) is 18.4 Å². The summed E-state index contributed by atoms with van der Waals surface area (Å²) in [4.78, 5) is 61.5. The average molecular weight is 1030 g/mol. The number of aryl methyl sites for hydroxylation is 2. The van der Waals surface area contributed by atoms with Crippen LogP contribution in [-0.4, -0.2) is 149 Å². The highest BCUT2D eigenvalue weighted by Crippen LogP contribution is 2.45. The number of phenolic OH excluding ortho intramolecular Hbond substituents is 1. The molecule has 21 nitrogen and oxygen atoms in total. The molecule has 11 N–H and O–H groups in total. The lowest BCUT2D eigenvalue weighted by Crippen LogP contribution is -2.83. The van der Waals surface area contributed by atoms with E-state index in [0.717, 1.165) is 24.0 Å². The molecule has 2 fully saturated rings. The zero-order valence-corrected chi connectivity index (χ0v) is 40.8. The van der Waals surface area contributed by atoms with Crippen LogP contribution in [-0.2, 0) is 23.9 Å². The van der Waals surface area contributed by atoms with Crippen molar-refractivity contribution in [3.05, 3.63) is 107 Å². The van der Waals surface area contributed by atoms with Crippen LogP contribution in [0.15, 0.2) is 94.6 Å². The summed E-state index contributed by atoms with van der Waals surface area (Å²) >= 11 is 0. The SMILES string of the molecule is Cc1cc(C)cc(-c2c3[nH]ccc3cn2OC2C(Oc3ccc4c(=O)c(-c5ccc(O)cc5)coc4c3)OC(C(NCC(O)C3CCCC3)OC(=O)C(NCCC=O)C(=O)O)C(O)(CO)C2(O)C(O)CCCO)c1. The lowest BCUT2D eigenvalue weighted by Gasteiger charge is -2.57. The maximum atomic E-state index is 14.0. The monoisotopic (exact) mass is 1030 g/mol. The minimum absolute atomic E-state index is 0.00856. The van der Waals surface area contributed by atoms with E-state index in [2.05, 4.69) is 15.6 Å². The van der Waals surface area contributed by atoms with Crippen molar-refractivity contribution in [2.45, 2.75) is 113 Å². The number of carboxylic acid groups (broad SMARTS) is 1. The van der Waals surface area contributed by atoms with E-state index < -0.39 is 91.2 Å². The summed E-state index contributed by atoms with van der Waals surface area (Å²) in [5.74, 6) is -3.51. The molecule has 74 heavy (non-hydrogen) atoms. The number of nitrogens with one attached hydrogen (secondary N) is 3. The van der Waals surface area contributed by atoms with Crippen LogP contribution in [0.2, 0.25) is 0 Å². The summed E-state index contributed by atoms with van der Waals surface area (Å²) < 4.78 is 26.2. The van der Waals surface area contributed by atoms with Crippen molar-refractivity contribution in [2.75, 3.05) is 26.3 Å². The minimum atomic E-state index is -3.18. The van der Waals surface area contributed by atoms with Gasteiger partial charge >= 0.3 is 11.9 Å². The maximum absolute atomic E-state index is 14.0. The number of aromatic amines is 1. The molecule has 0 bridgehead atoms. The Hall–Kier alpha value is -6.66. The maximum Gasteiger partial charge on any atom is 0.336 e. The molecule has 396 valence electrons. The van der Waals surface area contributed by atoms with Crippen LogP contribution in [0.5, 0.6) is 11.5 Å². The standard InChI is InChI=1S/C53H62N4O17/c1-29-21-30(2)23-34(22-29)44-42-33(16-18-55-42)26-57(44)74-47-51(71-36-14-15-37-40(24-36)70-27-38(45(37)64)31-10-12-35(61)13-11-31)72-46(52(68,28-60)53(47,69)41(63)9-5-19-58)48(56-25-39(62)32-7-3-4-8-32)73-50(67)43(49(65)66)54-17-6-20-59/h10-16,18,20-24,26-27,32,39,41,43,46-48,51,54-56,58,60-63,68-69H,3-9,17,19,25,28H2,1-2H3,(H,65,66). The van der Waals surface area contributed by atoms with Crippen molar-refractivity contribution in [1.29, 1.82) is 0 Å². The Balaban J connectivity index is 1.29. The predicted molar refractivity (Wildman–Crippen MR) is 266 cm³/mol. The molecule has 0 amide bonds. The van der Waals surface area contributed by atoms with E-state index in [1.807, 2.05) is 32.0 Å². The second-order valence-corrected chi connectivity index (χ2v) is 19.1. The number of rotatable bonds is 23. The number of hydrogen-bond acceptors (Lipinski definition) is 18. The minimum Gasteiger partial charge on any atom is -0.508 e. The normalized spacial score (nSPS) is 22.8. The number of aliphatic hydroxyl groups excluding tert-OH is 4. The number of aromatic hydroxyl groups is 1. The Bertz CT molecular complexity index is 2970. The first kappa shape index (κ1) is 53.6. The highest BCUT2D eigenvalue weighted by Gasteiger charge is 2.72. The van der Waals surface area contributed by atoms with Gasteiger partial charge in [0.25, 0.3) is 0 Å². The van der Waals surface area contributed by atoms with E-state index in [4.69, 9.17) is 23.5 Å². The van der Waals surface area contributed by atoms with Crippen molar-refractivity contribution in [2.24, 2.45) is 5.92 Å². The molecule has 21 heteroatoms.